The van der Waals surface area contributed by atoms with Gasteiger partial charge in [0.25, 0.3) is 0 Å². The average Bonchev–Trinajstić information content (AvgIpc) is 3.21. The number of rotatable bonds is 6. The van der Waals surface area contributed by atoms with Crippen LogP contribution in [0.5, 0.6) is 0 Å². The van der Waals surface area contributed by atoms with Crippen molar-refractivity contribution in [1.82, 2.24) is 10.2 Å². The van der Waals surface area contributed by atoms with Crippen molar-refractivity contribution in [1.29, 1.82) is 0 Å². The van der Waals surface area contributed by atoms with Crippen LogP contribution in [0.15, 0.2) is 63.4 Å². The van der Waals surface area contributed by atoms with Crippen molar-refractivity contribution in [2.24, 2.45) is 0 Å². The number of benzene rings is 2. The van der Waals surface area contributed by atoms with Crippen molar-refractivity contribution in [2.45, 2.75) is 28.3 Å². The van der Waals surface area contributed by atoms with Crippen LogP contribution in [0.4, 0.5) is 5.13 Å². The highest BCUT2D eigenvalue weighted by atomic mass is 79.9. The Morgan fingerprint density at radius 3 is 2.55 bits per heavy atom. The number of nitrogens with one attached hydrogen (secondary N) is 1. The van der Waals surface area contributed by atoms with Crippen LogP contribution in [-0.2, 0) is 20.7 Å². The van der Waals surface area contributed by atoms with E-state index < -0.39 is 5.41 Å². The van der Waals surface area contributed by atoms with E-state index in [1.807, 2.05) is 42.5 Å². The maximum atomic E-state index is 13.3. The highest BCUT2D eigenvalue weighted by Gasteiger charge is 2.42. The van der Waals surface area contributed by atoms with Gasteiger partial charge in [-0.1, -0.05) is 81.5 Å². The Morgan fingerprint density at radius 1 is 1.10 bits per heavy atom. The molecule has 150 valence electrons. The minimum absolute atomic E-state index is 0.0427. The second kappa shape index (κ2) is 9.38. The third kappa shape index (κ3) is 4.88. The summed E-state index contributed by atoms with van der Waals surface area (Å²) in [5.41, 5.74) is 1.63. The second-order valence-electron chi connectivity index (χ2n) is 6.80. The zero-order valence-electron chi connectivity index (χ0n) is 15.6. The fraction of sp³-hybridized carbons (Fsp3) is 0.286. The number of amides is 1. The molecule has 1 saturated heterocycles. The number of aromatic nitrogens is 2. The lowest BCUT2D eigenvalue weighted by molar-refractivity contribution is -0.125. The molecule has 1 aliphatic rings. The van der Waals surface area contributed by atoms with E-state index >= 15 is 0 Å². The molecule has 5 nitrogen and oxygen atoms in total. The number of thioether (sulfide) groups is 1. The lowest BCUT2D eigenvalue weighted by Crippen LogP contribution is -2.44. The number of halogens is 1. The van der Waals surface area contributed by atoms with Gasteiger partial charge in [-0.25, -0.2) is 0 Å². The zero-order valence-corrected chi connectivity index (χ0v) is 18.9. The summed E-state index contributed by atoms with van der Waals surface area (Å²) in [6.45, 7) is 1.13. The molecule has 0 atom stereocenters. The SMILES string of the molecule is O=C(Nc1nnc(SCc2ccccc2)s1)C1(c2ccc(Br)cc2)CCOCC1. The van der Waals surface area contributed by atoms with Crippen molar-refractivity contribution in [3.8, 4) is 0 Å². The van der Waals surface area contributed by atoms with E-state index in [1.54, 1.807) is 11.8 Å². The van der Waals surface area contributed by atoms with Crippen LogP contribution in [0, 0.1) is 0 Å². The number of hydrogen-bond donors (Lipinski definition) is 1. The van der Waals surface area contributed by atoms with Crippen LogP contribution in [0.3, 0.4) is 0 Å². The highest BCUT2D eigenvalue weighted by molar-refractivity contribution is 9.10. The number of ether oxygens (including phenoxy) is 1. The summed E-state index contributed by atoms with van der Waals surface area (Å²) < 4.78 is 7.37. The molecular formula is C21H20BrN3O2S2. The molecule has 1 aliphatic heterocycles. The molecule has 2 aromatic carbocycles. The van der Waals surface area contributed by atoms with Crippen LogP contribution in [0.1, 0.15) is 24.0 Å². The fourth-order valence-electron chi connectivity index (χ4n) is 3.39. The van der Waals surface area contributed by atoms with Crippen LogP contribution < -0.4 is 5.32 Å². The summed E-state index contributed by atoms with van der Waals surface area (Å²) in [7, 11) is 0. The zero-order chi connectivity index (χ0) is 20.1. The minimum Gasteiger partial charge on any atom is -0.381 e. The van der Waals surface area contributed by atoms with Gasteiger partial charge in [0.2, 0.25) is 11.0 Å². The molecule has 1 aromatic heterocycles. The molecule has 1 amide bonds. The van der Waals surface area contributed by atoms with Crippen molar-refractivity contribution in [2.75, 3.05) is 18.5 Å². The first-order chi connectivity index (χ1) is 14.2. The van der Waals surface area contributed by atoms with Gasteiger partial charge < -0.3 is 4.74 Å². The Labute approximate surface area is 186 Å². The Morgan fingerprint density at radius 2 is 1.83 bits per heavy atom. The van der Waals surface area contributed by atoms with Crippen LogP contribution in [0.25, 0.3) is 0 Å². The minimum atomic E-state index is -0.609. The summed E-state index contributed by atoms with van der Waals surface area (Å²) >= 11 is 6.50. The molecule has 3 aromatic rings. The third-order valence-corrected chi connectivity index (χ3v) is 7.58. The summed E-state index contributed by atoms with van der Waals surface area (Å²) in [5.74, 6) is 0.780. The number of nitrogens with zero attached hydrogens (tertiary/aromatic N) is 2. The van der Waals surface area contributed by atoms with E-state index in [4.69, 9.17) is 4.74 Å². The quantitative estimate of drug-likeness (QED) is 0.376. The Bertz CT molecular complexity index is 958. The van der Waals surface area contributed by atoms with Crippen LogP contribution in [0.2, 0.25) is 0 Å². The summed E-state index contributed by atoms with van der Waals surface area (Å²) in [5, 5.41) is 11.9. The topological polar surface area (TPSA) is 64.1 Å². The van der Waals surface area contributed by atoms with Gasteiger partial charge in [0.1, 0.15) is 0 Å². The monoisotopic (exact) mass is 489 g/mol. The highest BCUT2D eigenvalue weighted by Crippen LogP contribution is 2.37. The van der Waals surface area contributed by atoms with Gasteiger partial charge in [-0.2, -0.15) is 0 Å². The van der Waals surface area contributed by atoms with Gasteiger partial charge >= 0.3 is 0 Å². The molecule has 0 aliphatic carbocycles. The van der Waals surface area contributed by atoms with E-state index in [0.29, 0.717) is 31.2 Å². The Balaban J connectivity index is 1.47. The van der Waals surface area contributed by atoms with E-state index in [9.17, 15) is 4.79 Å². The van der Waals surface area contributed by atoms with Crippen molar-refractivity contribution in [3.05, 3.63) is 70.2 Å². The maximum absolute atomic E-state index is 13.3. The maximum Gasteiger partial charge on any atom is 0.237 e. The van der Waals surface area contributed by atoms with Gasteiger partial charge in [0.05, 0.1) is 5.41 Å². The second-order valence-corrected chi connectivity index (χ2v) is 9.92. The standard InChI is InChI=1S/C21H20BrN3O2S2/c22-17-8-6-16(7-9-17)21(10-12-27-13-11-21)18(26)23-19-24-25-20(29-19)28-14-15-4-2-1-3-5-15/h1-9H,10-14H2,(H,23,24,26). The molecule has 0 bridgehead atoms. The van der Waals surface area contributed by atoms with Gasteiger partial charge in [0.15, 0.2) is 4.34 Å². The number of carbonyl (C=O) groups is 1. The summed E-state index contributed by atoms with van der Waals surface area (Å²) in [4.78, 5) is 13.3. The van der Waals surface area contributed by atoms with Crippen molar-refractivity contribution >= 4 is 50.1 Å². The lowest BCUT2D eigenvalue weighted by Gasteiger charge is -2.35. The molecule has 1 N–H and O–H groups in total. The predicted molar refractivity (Wildman–Crippen MR) is 120 cm³/mol. The normalized spacial score (nSPS) is 15.8. The summed E-state index contributed by atoms with van der Waals surface area (Å²) in [6.07, 6.45) is 1.30. The van der Waals surface area contributed by atoms with Crippen molar-refractivity contribution < 1.29 is 9.53 Å². The summed E-state index contributed by atoms with van der Waals surface area (Å²) in [6, 6.07) is 18.2. The molecule has 0 radical (unpaired) electrons. The van der Waals surface area contributed by atoms with Crippen LogP contribution in [-0.4, -0.2) is 29.3 Å². The largest absolute Gasteiger partial charge is 0.381 e. The molecule has 8 heteroatoms. The van der Waals surface area contributed by atoms with Gasteiger partial charge in [-0.3, -0.25) is 10.1 Å². The van der Waals surface area contributed by atoms with Gasteiger partial charge in [-0.15, -0.1) is 10.2 Å². The lowest BCUT2D eigenvalue weighted by atomic mass is 9.73. The van der Waals surface area contributed by atoms with E-state index in [-0.39, 0.29) is 5.91 Å². The van der Waals surface area contributed by atoms with Gasteiger partial charge in [-0.05, 0) is 36.1 Å². The fourth-order valence-corrected chi connectivity index (χ4v) is 5.36. The average molecular weight is 490 g/mol. The first-order valence-corrected chi connectivity index (χ1v) is 11.9. The van der Waals surface area contributed by atoms with E-state index in [0.717, 1.165) is 20.1 Å². The molecule has 0 spiro atoms. The molecule has 29 heavy (non-hydrogen) atoms. The van der Waals surface area contributed by atoms with Crippen molar-refractivity contribution in [3.63, 3.8) is 0 Å². The Kier molecular flexibility index (Phi) is 6.64. The Hall–Kier alpha value is -1.74. The molecule has 4 rings (SSSR count). The predicted octanol–water partition coefficient (Wildman–Crippen LogP) is 5.28. The van der Waals surface area contributed by atoms with Crippen LogP contribution >= 0.6 is 39.0 Å². The first kappa shape index (κ1) is 20.5. The molecule has 0 unspecified atom stereocenters. The smallest absolute Gasteiger partial charge is 0.237 e. The molecule has 0 saturated carbocycles. The van der Waals surface area contributed by atoms with Gasteiger partial charge in [0, 0.05) is 23.4 Å². The number of carbonyl (C=O) groups excluding carboxylic acids is 1. The molecular weight excluding hydrogens is 470 g/mol. The number of hydrogen-bond acceptors (Lipinski definition) is 6. The third-order valence-electron chi connectivity index (χ3n) is 5.01. The van der Waals surface area contributed by atoms with E-state index in [1.165, 1.54) is 16.9 Å². The number of anilines is 1. The molecule has 1 fully saturated rings. The van der Waals surface area contributed by atoms with E-state index in [2.05, 4.69) is 43.6 Å². The molecule has 2 heterocycles. The first-order valence-electron chi connectivity index (χ1n) is 9.31.